The van der Waals surface area contributed by atoms with Crippen LogP contribution >= 0.6 is 0 Å². The van der Waals surface area contributed by atoms with Gasteiger partial charge in [0.1, 0.15) is 0 Å². The van der Waals surface area contributed by atoms with E-state index in [-0.39, 0.29) is 18.9 Å². The lowest BCUT2D eigenvalue weighted by Crippen LogP contribution is -2.30. The molecule has 100 valence electrons. The highest BCUT2D eigenvalue weighted by Crippen LogP contribution is 2.29. The zero-order chi connectivity index (χ0) is 13.5. The van der Waals surface area contributed by atoms with Crippen molar-refractivity contribution in [1.29, 1.82) is 0 Å². The third-order valence-corrected chi connectivity index (χ3v) is 2.54. The molecule has 0 atom stereocenters. The molecule has 0 heterocycles. The normalized spacial score (nSPS) is 10.2. The highest BCUT2D eigenvalue weighted by atomic mass is 16.6. The van der Waals surface area contributed by atoms with Crippen LogP contribution in [0.25, 0.3) is 0 Å². The van der Waals surface area contributed by atoms with Crippen molar-refractivity contribution >= 4 is 17.1 Å². The number of aliphatic hydroxyl groups is 2. The molecule has 1 aromatic carbocycles. The number of non-ortho nitro benzene ring substituents is 1. The first-order valence-corrected chi connectivity index (χ1v) is 5.57. The van der Waals surface area contributed by atoms with Gasteiger partial charge in [-0.1, -0.05) is 0 Å². The number of hydrogen-bond acceptors (Lipinski definition) is 6. The minimum atomic E-state index is -0.465. The fourth-order valence-electron chi connectivity index (χ4n) is 1.71. The number of rotatable bonds is 7. The number of nitrogens with zero attached hydrogens (tertiary/aromatic N) is 2. The van der Waals surface area contributed by atoms with Crippen molar-refractivity contribution in [3.8, 4) is 0 Å². The zero-order valence-corrected chi connectivity index (χ0v) is 10.2. The molecule has 1 rings (SSSR count). The van der Waals surface area contributed by atoms with Crippen LogP contribution in [-0.4, -0.2) is 48.5 Å². The Morgan fingerprint density at radius 2 is 1.94 bits per heavy atom. The van der Waals surface area contributed by atoms with Gasteiger partial charge in [0.2, 0.25) is 0 Å². The van der Waals surface area contributed by atoms with E-state index in [1.165, 1.54) is 12.1 Å². The lowest BCUT2D eigenvalue weighted by Gasteiger charge is -2.25. The molecule has 1 aromatic rings. The topological polar surface area (TPSA) is 98.9 Å². The first kappa shape index (κ1) is 14.2. The number of hydrogen-bond donors (Lipinski definition) is 3. The van der Waals surface area contributed by atoms with E-state index in [2.05, 4.69) is 5.32 Å². The minimum Gasteiger partial charge on any atom is -0.395 e. The third kappa shape index (κ3) is 3.31. The molecule has 0 bridgehead atoms. The lowest BCUT2D eigenvalue weighted by molar-refractivity contribution is -0.384. The van der Waals surface area contributed by atoms with Crippen LogP contribution in [0.4, 0.5) is 17.1 Å². The monoisotopic (exact) mass is 255 g/mol. The Morgan fingerprint density at radius 1 is 1.33 bits per heavy atom. The Morgan fingerprint density at radius 3 is 2.39 bits per heavy atom. The van der Waals surface area contributed by atoms with Gasteiger partial charge in [-0.15, -0.1) is 0 Å². The second-order valence-electron chi connectivity index (χ2n) is 3.64. The van der Waals surface area contributed by atoms with Crippen LogP contribution in [0.1, 0.15) is 0 Å². The molecule has 0 aromatic heterocycles. The molecule has 0 saturated carbocycles. The molecular formula is C11H17N3O4. The first-order valence-electron chi connectivity index (χ1n) is 5.57. The first-order chi connectivity index (χ1) is 8.63. The number of benzene rings is 1. The molecule has 0 fully saturated rings. The van der Waals surface area contributed by atoms with Crippen LogP contribution in [0.3, 0.4) is 0 Å². The smallest absolute Gasteiger partial charge is 0.271 e. The van der Waals surface area contributed by atoms with Crippen molar-refractivity contribution in [2.24, 2.45) is 0 Å². The summed E-state index contributed by atoms with van der Waals surface area (Å²) in [6.07, 6.45) is 0. The Balaban J connectivity index is 3.09. The van der Waals surface area contributed by atoms with Gasteiger partial charge in [-0.2, -0.15) is 0 Å². The van der Waals surface area contributed by atoms with Gasteiger partial charge in [0.05, 0.1) is 29.5 Å². The maximum Gasteiger partial charge on any atom is 0.271 e. The van der Waals surface area contributed by atoms with Gasteiger partial charge >= 0.3 is 0 Å². The van der Waals surface area contributed by atoms with Crippen LogP contribution in [0.2, 0.25) is 0 Å². The second-order valence-corrected chi connectivity index (χ2v) is 3.64. The predicted octanol–water partition coefficient (Wildman–Crippen LogP) is 0.427. The summed E-state index contributed by atoms with van der Waals surface area (Å²) in [7, 11) is 1.67. The van der Waals surface area contributed by atoms with E-state index in [0.717, 1.165) is 0 Å². The molecular weight excluding hydrogens is 238 g/mol. The predicted molar refractivity (Wildman–Crippen MR) is 69.0 cm³/mol. The summed E-state index contributed by atoms with van der Waals surface area (Å²) >= 11 is 0. The molecule has 0 radical (unpaired) electrons. The van der Waals surface area contributed by atoms with E-state index in [1.807, 2.05) is 0 Å². The van der Waals surface area contributed by atoms with Gasteiger partial charge in [-0.3, -0.25) is 10.1 Å². The number of nitrogens with one attached hydrogen (secondary N) is 1. The Hall–Kier alpha value is -1.86. The maximum atomic E-state index is 10.7. The Labute approximate surface area is 105 Å². The summed E-state index contributed by atoms with van der Waals surface area (Å²) in [5.74, 6) is 0. The van der Waals surface area contributed by atoms with Crippen molar-refractivity contribution in [2.45, 2.75) is 0 Å². The van der Waals surface area contributed by atoms with Gasteiger partial charge in [0, 0.05) is 32.3 Å². The molecule has 0 saturated heterocycles. The van der Waals surface area contributed by atoms with E-state index in [0.29, 0.717) is 24.5 Å². The van der Waals surface area contributed by atoms with E-state index in [1.54, 1.807) is 18.0 Å². The molecule has 0 unspecified atom stereocenters. The number of nitro groups is 1. The summed E-state index contributed by atoms with van der Waals surface area (Å²) < 4.78 is 0. The van der Waals surface area contributed by atoms with Gasteiger partial charge in [0.25, 0.3) is 5.69 Å². The number of aliphatic hydroxyl groups excluding tert-OH is 2. The van der Waals surface area contributed by atoms with Crippen molar-refractivity contribution in [3.63, 3.8) is 0 Å². The van der Waals surface area contributed by atoms with Crippen LogP contribution in [0.15, 0.2) is 18.2 Å². The number of anilines is 2. The summed E-state index contributed by atoms with van der Waals surface area (Å²) in [6, 6.07) is 4.43. The van der Waals surface area contributed by atoms with Crippen LogP contribution in [0, 0.1) is 10.1 Å². The van der Waals surface area contributed by atoms with E-state index < -0.39 is 4.92 Å². The molecule has 3 N–H and O–H groups in total. The molecule has 0 aliphatic rings. The maximum absolute atomic E-state index is 10.7. The average molecular weight is 255 g/mol. The van der Waals surface area contributed by atoms with Gasteiger partial charge in [-0.05, 0) is 6.07 Å². The summed E-state index contributed by atoms with van der Waals surface area (Å²) in [4.78, 5) is 12.0. The van der Waals surface area contributed by atoms with E-state index >= 15 is 0 Å². The fourth-order valence-corrected chi connectivity index (χ4v) is 1.71. The van der Waals surface area contributed by atoms with Gasteiger partial charge in [-0.25, -0.2) is 0 Å². The van der Waals surface area contributed by atoms with E-state index in [4.69, 9.17) is 10.2 Å². The fraction of sp³-hybridized carbons (Fsp3) is 0.455. The SMILES string of the molecule is CNc1cc([N+](=O)[O-])ccc1N(CCO)CCO. The quantitative estimate of drug-likeness (QED) is 0.482. The third-order valence-electron chi connectivity index (χ3n) is 2.54. The molecule has 0 aliphatic carbocycles. The largest absolute Gasteiger partial charge is 0.395 e. The Bertz CT molecular complexity index is 405. The average Bonchev–Trinajstić information content (AvgIpc) is 2.37. The standard InChI is InChI=1S/C11H17N3O4/c1-12-10-8-9(14(17)18)2-3-11(10)13(4-6-15)5-7-16/h2-3,8,12,15-16H,4-7H2,1H3. The molecule has 0 aliphatic heterocycles. The van der Waals surface area contributed by atoms with Crippen molar-refractivity contribution < 1.29 is 15.1 Å². The zero-order valence-electron chi connectivity index (χ0n) is 10.2. The van der Waals surface area contributed by atoms with Gasteiger partial charge < -0.3 is 20.4 Å². The lowest BCUT2D eigenvalue weighted by atomic mass is 10.2. The molecule has 7 heteroatoms. The van der Waals surface area contributed by atoms with Crippen LogP contribution in [-0.2, 0) is 0 Å². The summed E-state index contributed by atoms with van der Waals surface area (Å²) in [6.45, 7) is 0.598. The molecule has 18 heavy (non-hydrogen) atoms. The van der Waals surface area contributed by atoms with Crippen molar-refractivity contribution in [3.05, 3.63) is 28.3 Å². The highest BCUT2D eigenvalue weighted by Gasteiger charge is 2.14. The number of nitro benzene ring substituents is 1. The highest BCUT2D eigenvalue weighted by molar-refractivity contribution is 5.72. The second kappa shape index (κ2) is 6.77. The van der Waals surface area contributed by atoms with E-state index in [9.17, 15) is 10.1 Å². The summed E-state index contributed by atoms with van der Waals surface area (Å²) in [5, 5.41) is 31.5. The van der Waals surface area contributed by atoms with Crippen molar-refractivity contribution in [1.82, 2.24) is 0 Å². The van der Waals surface area contributed by atoms with Crippen molar-refractivity contribution in [2.75, 3.05) is 43.6 Å². The van der Waals surface area contributed by atoms with Crippen LogP contribution in [0.5, 0.6) is 0 Å². The molecule has 0 spiro atoms. The van der Waals surface area contributed by atoms with Crippen LogP contribution < -0.4 is 10.2 Å². The minimum absolute atomic E-state index is 0.00366. The molecule has 7 nitrogen and oxygen atoms in total. The van der Waals surface area contributed by atoms with Gasteiger partial charge in [0.15, 0.2) is 0 Å². The summed E-state index contributed by atoms with van der Waals surface area (Å²) in [5.41, 5.74) is 1.30. The molecule has 0 amide bonds. The Kier molecular flexibility index (Phi) is 5.34.